The number of fused-ring (bicyclic) bond motifs is 1. The Morgan fingerprint density at radius 3 is 2.27 bits per heavy atom. The molecule has 0 atom stereocenters. The molecule has 0 aliphatic rings. The van der Waals surface area contributed by atoms with E-state index in [1.807, 2.05) is 31.2 Å². The zero-order valence-electron chi connectivity index (χ0n) is 8.36. The van der Waals surface area contributed by atoms with Crippen molar-refractivity contribution in [3.8, 4) is 0 Å². The number of hydrogen-bond donors (Lipinski definition) is 2. The molecule has 2 nitrogen and oxygen atoms in total. The van der Waals surface area contributed by atoms with Crippen molar-refractivity contribution in [3.05, 3.63) is 35.9 Å². The Morgan fingerprint density at radius 1 is 1.00 bits per heavy atom. The van der Waals surface area contributed by atoms with E-state index in [4.69, 9.17) is 11.5 Å². The van der Waals surface area contributed by atoms with Crippen LogP contribution >= 0.6 is 24.8 Å². The first-order valence-corrected chi connectivity index (χ1v) is 4.23. The third-order valence-electron chi connectivity index (χ3n) is 2.39. The summed E-state index contributed by atoms with van der Waals surface area (Å²) in [7, 11) is 0. The van der Waals surface area contributed by atoms with E-state index < -0.39 is 0 Å². The van der Waals surface area contributed by atoms with E-state index >= 15 is 0 Å². The highest BCUT2D eigenvalue weighted by atomic mass is 35.5. The summed E-state index contributed by atoms with van der Waals surface area (Å²) in [6.45, 7) is 1.99. The molecule has 15 heavy (non-hydrogen) atoms. The van der Waals surface area contributed by atoms with Crippen molar-refractivity contribution < 1.29 is 0 Å². The Morgan fingerprint density at radius 2 is 1.60 bits per heavy atom. The Balaban J connectivity index is 0.000000980. The molecule has 0 radical (unpaired) electrons. The highest BCUT2D eigenvalue weighted by molar-refractivity contribution is 5.94. The molecule has 0 aliphatic heterocycles. The standard InChI is InChI=1S/C11H12N2.2ClH/c1-7-9-5-3-2-4-8(9)6-10(12)11(7)13;;/h2-6H,12-13H2,1H3;2*1H. The molecule has 82 valence electrons. The highest BCUT2D eigenvalue weighted by Gasteiger charge is 2.03. The molecule has 4 heteroatoms. The number of nitrogens with two attached hydrogens (primary N) is 2. The molecule has 0 saturated heterocycles. The van der Waals surface area contributed by atoms with Gasteiger partial charge in [0.15, 0.2) is 0 Å². The van der Waals surface area contributed by atoms with Gasteiger partial charge in [-0.25, -0.2) is 0 Å². The first-order chi connectivity index (χ1) is 6.20. The predicted octanol–water partition coefficient (Wildman–Crippen LogP) is 3.16. The minimum Gasteiger partial charge on any atom is -0.397 e. The van der Waals surface area contributed by atoms with Crippen LogP contribution in [-0.2, 0) is 0 Å². The molecule has 0 spiro atoms. The van der Waals surface area contributed by atoms with Gasteiger partial charge in [-0.15, -0.1) is 24.8 Å². The molecule has 0 aliphatic carbocycles. The second-order valence-electron chi connectivity index (χ2n) is 3.23. The van der Waals surface area contributed by atoms with Gasteiger partial charge >= 0.3 is 0 Å². The lowest BCUT2D eigenvalue weighted by molar-refractivity contribution is 1.52. The minimum atomic E-state index is 0. The lowest BCUT2D eigenvalue weighted by atomic mass is 10.0. The van der Waals surface area contributed by atoms with Gasteiger partial charge < -0.3 is 11.5 Å². The zero-order chi connectivity index (χ0) is 9.42. The Bertz CT molecular complexity index is 469. The molecular weight excluding hydrogens is 231 g/mol. The molecular formula is C11H14Cl2N2. The van der Waals surface area contributed by atoms with Gasteiger partial charge in [0.05, 0.1) is 11.4 Å². The van der Waals surface area contributed by atoms with E-state index in [2.05, 4.69) is 6.07 Å². The lowest BCUT2D eigenvalue weighted by Gasteiger charge is -2.08. The highest BCUT2D eigenvalue weighted by Crippen LogP contribution is 2.28. The van der Waals surface area contributed by atoms with Crippen molar-refractivity contribution in [2.75, 3.05) is 11.5 Å². The molecule has 0 heterocycles. The summed E-state index contributed by atoms with van der Waals surface area (Å²) < 4.78 is 0. The molecule has 0 bridgehead atoms. The maximum Gasteiger partial charge on any atom is 0.0583 e. The summed E-state index contributed by atoms with van der Waals surface area (Å²) >= 11 is 0. The fourth-order valence-electron chi connectivity index (χ4n) is 1.57. The molecule has 0 unspecified atom stereocenters. The van der Waals surface area contributed by atoms with E-state index in [-0.39, 0.29) is 24.8 Å². The number of hydrogen-bond acceptors (Lipinski definition) is 2. The van der Waals surface area contributed by atoms with Crippen LogP contribution in [0.1, 0.15) is 5.56 Å². The summed E-state index contributed by atoms with van der Waals surface area (Å²) in [5, 5.41) is 2.32. The third kappa shape index (κ3) is 2.28. The predicted molar refractivity (Wildman–Crippen MR) is 72.0 cm³/mol. The summed E-state index contributed by atoms with van der Waals surface area (Å²) in [6, 6.07) is 10.0. The SMILES string of the molecule is Cc1c(N)c(N)cc2ccccc12.Cl.Cl. The maximum atomic E-state index is 5.82. The van der Waals surface area contributed by atoms with Gasteiger partial charge in [-0.2, -0.15) is 0 Å². The number of benzene rings is 2. The summed E-state index contributed by atoms with van der Waals surface area (Å²) in [6.07, 6.45) is 0. The first-order valence-electron chi connectivity index (χ1n) is 4.23. The van der Waals surface area contributed by atoms with Crippen LogP contribution in [-0.4, -0.2) is 0 Å². The Hall–Kier alpha value is -1.12. The van der Waals surface area contributed by atoms with E-state index in [9.17, 15) is 0 Å². The van der Waals surface area contributed by atoms with Crippen LogP contribution < -0.4 is 11.5 Å². The molecule has 2 aromatic rings. The Labute approximate surface area is 101 Å². The largest absolute Gasteiger partial charge is 0.397 e. The van der Waals surface area contributed by atoms with Crippen molar-refractivity contribution in [1.29, 1.82) is 0 Å². The molecule has 0 saturated carbocycles. The second-order valence-corrected chi connectivity index (χ2v) is 3.23. The quantitative estimate of drug-likeness (QED) is 0.700. The molecule has 0 fully saturated rings. The number of anilines is 2. The van der Waals surface area contributed by atoms with Crippen molar-refractivity contribution in [3.63, 3.8) is 0 Å². The van der Waals surface area contributed by atoms with Gasteiger partial charge in [-0.1, -0.05) is 24.3 Å². The fraction of sp³-hybridized carbons (Fsp3) is 0.0909. The van der Waals surface area contributed by atoms with Crippen LogP contribution in [0.4, 0.5) is 11.4 Å². The van der Waals surface area contributed by atoms with Gasteiger partial charge in [-0.05, 0) is 29.3 Å². The minimum absolute atomic E-state index is 0. The summed E-state index contributed by atoms with van der Waals surface area (Å²) in [4.78, 5) is 0. The zero-order valence-corrected chi connectivity index (χ0v) is 9.99. The number of aryl methyl sites for hydroxylation is 1. The van der Waals surface area contributed by atoms with Crippen LogP contribution in [0.2, 0.25) is 0 Å². The van der Waals surface area contributed by atoms with Crippen LogP contribution in [0.15, 0.2) is 30.3 Å². The third-order valence-corrected chi connectivity index (χ3v) is 2.39. The van der Waals surface area contributed by atoms with E-state index in [0.29, 0.717) is 11.4 Å². The van der Waals surface area contributed by atoms with E-state index in [1.54, 1.807) is 0 Å². The summed E-state index contributed by atoms with van der Waals surface area (Å²) in [5.74, 6) is 0. The topological polar surface area (TPSA) is 52.0 Å². The van der Waals surface area contributed by atoms with Gasteiger partial charge in [0.25, 0.3) is 0 Å². The molecule has 2 rings (SSSR count). The first kappa shape index (κ1) is 13.9. The normalized spacial score (nSPS) is 9.13. The number of rotatable bonds is 0. The fourth-order valence-corrected chi connectivity index (χ4v) is 1.57. The number of halogens is 2. The number of nitrogen functional groups attached to an aromatic ring is 2. The van der Waals surface area contributed by atoms with E-state index in [0.717, 1.165) is 10.9 Å². The van der Waals surface area contributed by atoms with Gasteiger partial charge in [0, 0.05) is 0 Å². The molecule has 0 amide bonds. The monoisotopic (exact) mass is 244 g/mol. The average Bonchev–Trinajstić information content (AvgIpc) is 2.15. The lowest BCUT2D eigenvalue weighted by Crippen LogP contribution is -1.97. The maximum absolute atomic E-state index is 5.82. The Kier molecular flexibility index (Phi) is 4.72. The van der Waals surface area contributed by atoms with Gasteiger partial charge in [0.2, 0.25) is 0 Å². The van der Waals surface area contributed by atoms with Crippen LogP contribution in [0.3, 0.4) is 0 Å². The second kappa shape index (κ2) is 5.10. The van der Waals surface area contributed by atoms with Gasteiger partial charge in [0.1, 0.15) is 0 Å². The smallest absolute Gasteiger partial charge is 0.0583 e. The van der Waals surface area contributed by atoms with Crippen molar-refractivity contribution in [1.82, 2.24) is 0 Å². The molecule has 0 aromatic heterocycles. The van der Waals surface area contributed by atoms with E-state index in [1.165, 1.54) is 5.39 Å². The van der Waals surface area contributed by atoms with Crippen LogP contribution in [0, 0.1) is 6.92 Å². The van der Waals surface area contributed by atoms with Crippen molar-refractivity contribution in [2.45, 2.75) is 6.92 Å². The van der Waals surface area contributed by atoms with Crippen LogP contribution in [0.5, 0.6) is 0 Å². The molecule has 4 N–H and O–H groups in total. The van der Waals surface area contributed by atoms with Crippen molar-refractivity contribution in [2.24, 2.45) is 0 Å². The summed E-state index contributed by atoms with van der Waals surface area (Å²) in [5.41, 5.74) is 14.0. The molecule has 2 aromatic carbocycles. The van der Waals surface area contributed by atoms with Crippen LogP contribution in [0.25, 0.3) is 10.8 Å². The van der Waals surface area contributed by atoms with Crippen molar-refractivity contribution >= 4 is 47.0 Å². The van der Waals surface area contributed by atoms with Gasteiger partial charge in [-0.3, -0.25) is 0 Å². The average molecular weight is 245 g/mol.